The molecule has 284 valence electrons. The molecule has 0 unspecified atom stereocenters. The molecule has 0 aromatic heterocycles. The van der Waals surface area contributed by atoms with Gasteiger partial charge in [0, 0.05) is 0 Å². The van der Waals surface area contributed by atoms with Gasteiger partial charge in [0.25, 0.3) is 0 Å². The second-order valence-electron chi connectivity index (χ2n) is 12.8. The Morgan fingerprint density at radius 3 is 1.59 bits per heavy atom. The number of ether oxygens (including phenoxy) is 7. The van der Waals surface area contributed by atoms with E-state index in [0.717, 1.165) is 43.1 Å². The number of esters is 3. The highest BCUT2D eigenvalue weighted by atomic mass is 16.7. The lowest BCUT2D eigenvalue weighted by Gasteiger charge is -2.12. The molecule has 0 saturated carbocycles. The first kappa shape index (κ1) is 38.0. The molecule has 0 saturated heterocycles. The van der Waals surface area contributed by atoms with Crippen LogP contribution >= 0.6 is 0 Å². The highest BCUT2D eigenvalue weighted by Crippen LogP contribution is 2.29. The Balaban J connectivity index is 0.745. The van der Waals surface area contributed by atoms with Gasteiger partial charge in [-0.25, -0.2) is 14.4 Å². The Morgan fingerprint density at radius 2 is 0.893 bits per heavy atom. The smallest absolute Gasteiger partial charge is 0.339 e. The molecule has 7 aromatic rings. The van der Waals surface area contributed by atoms with E-state index in [1.54, 1.807) is 30.3 Å². The molecule has 0 atom stereocenters. The first-order valence-corrected chi connectivity index (χ1v) is 18.3. The van der Waals surface area contributed by atoms with E-state index < -0.39 is 17.9 Å². The van der Waals surface area contributed by atoms with Crippen molar-refractivity contribution in [1.29, 1.82) is 0 Å². The van der Waals surface area contributed by atoms with Crippen molar-refractivity contribution in [2.75, 3.05) is 59.6 Å². The lowest BCUT2D eigenvalue weighted by Crippen LogP contribution is -2.15. The zero-order chi connectivity index (χ0) is 38.5. The van der Waals surface area contributed by atoms with E-state index >= 15 is 0 Å². The quantitative estimate of drug-likeness (QED) is 0.0278. The Hall–Kier alpha value is -6.33. The summed E-state index contributed by atoms with van der Waals surface area (Å²) in [4.78, 5) is 38.5. The summed E-state index contributed by atoms with van der Waals surface area (Å²) in [6, 6.07) is 41.8. The summed E-state index contributed by atoms with van der Waals surface area (Å²) in [6.45, 7) is 1.16. The molecule has 0 aliphatic rings. The van der Waals surface area contributed by atoms with Gasteiger partial charge in [-0.2, -0.15) is 0 Å². The topological polar surface area (TPSA) is 116 Å². The van der Waals surface area contributed by atoms with E-state index in [0.29, 0.717) is 22.4 Å². The first-order chi connectivity index (χ1) is 27.5. The maximum Gasteiger partial charge on any atom is 0.339 e. The number of hydrogen-bond acceptors (Lipinski definition) is 10. The number of hydrogen-bond donors (Lipinski definition) is 0. The maximum atomic E-state index is 13.1. The summed E-state index contributed by atoms with van der Waals surface area (Å²) < 4.78 is 38.5. The largest absolute Gasteiger partial charge is 0.468 e. The van der Waals surface area contributed by atoms with Crippen molar-refractivity contribution in [3.8, 4) is 5.75 Å². The summed E-state index contributed by atoms with van der Waals surface area (Å²) in [5.74, 6) is -0.917. The van der Waals surface area contributed by atoms with Gasteiger partial charge in [0.1, 0.15) is 25.6 Å². The van der Waals surface area contributed by atoms with Crippen molar-refractivity contribution in [1.82, 2.24) is 0 Å². The SMILES string of the molecule is O=C(OCCOCCOC(=O)c1cccc2cc3ccccc3cc12)c1cccc(OCOCCOCCOC(=O)c2c3ccccc3cc3ccccc23)c1. The van der Waals surface area contributed by atoms with Gasteiger partial charge < -0.3 is 33.2 Å². The molecule has 0 N–H and O–H groups in total. The van der Waals surface area contributed by atoms with Gasteiger partial charge in [0.15, 0.2) is 6.79 Å². The van der Waals surface area contributed by atoms with Crippen molar-refractivity contribution in [3.05, 3.63) is 150 Å². The standard InChI is InChI=1S/C46H40O10/c47-44(53-24-21-51-22-25-54-45(48)41-18-8-13-36-27-32-9-1-2-10-33(32)30-42(36)41)37-14-7-15-38(29-37)56-31-52-20-19-50-23-26-55-46(49)43-39-16-5-3-11-34(39)28-35-12-4-6-17-40(35)43/h1-18,27-30H,19-26,31H2. The van der Waals surface area contributed by atoms with Crippen LogP contribution in [0.4, 0.5) is 0 Å². The third kappa shape index (κ3) is 9.48. The average Bonchev–Trinajstić information content (AvgIpc) is 3.23. The molecule has 10 nitrogen and oxygen atoms in total. The van der Waals surface area contributed by atoms with Crippen molar-refractivity contribution >= 4 is 61.0 Å². The van der Waals surface area contributed by atoms with Gasteiger partial charge in [-0.15, -0.1) is 0 Å². The molecule has 0 radical (unpaired) electrons. The molecule has 0 amide bonds. The van der Waals surface area contributed by atoms with E-state index in [1.165, 1.54) is 0 Å². The molecular weight excluding hydrogens is 712 g/mol. The number of rotatable bonds is 18. The summed E-state index contributed by atoms with van der Waals surface area (Å²) in [5.41, 5.74) is 1.35. The van der Waals surface area contributed by atoms with E-state index in [2.05, 4.69) is 12.1 Å². The summed E-state index contributed by atoms with van der Waals surface area (Å²) >= 11 is 0. The molecule has 56 heavy (non-hydrogen) atoms. The van der Waals surface area contributed by atoms with E-state index in [1.807, 2.05) is 91.0 Å². The molecule has 0 spiro atoms. The second-order valence-corrected chi connectivity index (χ2v) is 12.8. The first-order valence-electron chi connectivity index (χ1n) is 18.3. The van der Waals surface area contributed by atoms with Crippen molar-refractivity contribution < 1.29 is 47.5 Å². The Labute approximate surface area is 323 Å². The zero-order valence-electron chi connectivity index (χ0n) is 30.6. The van der Waals surface area contributed by atoms with Crippen molar-refractivity contribution in [2.45, 2.75) is 0 Å². The van der Waals surface area contributed by atoms with Crippen molar-refractivity contribution in [2.24, 2.45) is 0 Å². The van der Waals surface area contributed by atoms with Gasteiger partial charge in [0.2, 0.25) is 0 Å². The average molecular weight is 753 g/mol. The monoisotopic (exact) mass is 752 g/mol. The molecule has 7 aromatic carbocycles. The molecule has 0 aliphatic heterocycles. The van der Waals surface area contributed by atoms with Gasteiger partial charge >= 0.3 is 17.9 Å². The minimum Gasteiger partial charge on any atom is -0.468 e. The van der Waals surface area contributed by atoms with Crippen LogP contribution in [0.1, 0.15) is 31.1 Å². The van der Waals surface area contributed by atoms with Crippen LogP contribution in [0.15, 0.2) is 133 Å². The van der Waals surface area contributed by atoms with Gasteiger partial charge in [0.05, 0.1) is 49.7 Å². The lowest BCUT2D eigenvalue weighted by molar-refractivity contribution is -0.0239. The highest BCUT2D eigenvalue weighted by molar-refractivity contribution is 6.16. The number of carbonyl (C=O) groups is 3. The van der Waals surface area contributed by atoms with Crippen molar-refractivity contribution in [3.63, 3.8) is 0 Å². The van der Waals surface area contributed by atoms with Crippen LogP contribution in [0.3, 0.4) is 0 Å². The highest BCUT2D eigenvalue weighted by Gasteiger charge is 2.17. The van der Waals surface area contributed by atoms with Crippen LogP contribution in [0.5, 0.6) is 5.75 Å². The fourth-order valence-corrected chi connectivity index (χ4v) is 6.40. The predicted octanol–water partition coefficient (Wildman–Crippen LogP) is 8.56. The third-order valence-electron chi connectivity index (χ3n) is 9.08. The van der Waals surface area contributed by atoms with Crippen LogP contribution < -0.4 is 4.74 Å². The van der Waals surface area contributed by atoms with Gasteiger partial charge in [-0.1, -0.05) is 91.0 Å². The molecule has 0 bridgehead atoms. The Morgan fingerprint density at radius 1 is 0.393 bits per heavy atom. The van der Waals surface area contributed by atoms with E-state index in [9.17, 15) is 14.4 Å². The van der Waals surface area contributed by atoms with Gasteiger partial charge in [-0.05, 0) is 85.6 Å². The minimum absolute atomic E-state index is 0.0245. The van der Waals surface area contributed by atoms with Gasteiger partial charge in [-0.3, -0.25) is 0 Å². The van der Waals surface area contributed by atoms with E-state index in [4.69, 9.17) is 33.2 Å². The van der Waals surface area contributed by atoms with Crippen LogP contribution in [0.2, 0.25) is 0 Å². The maximum absolute atomic E-state index is 13.1. The Kier molecular flexibility index (Phi) is 12.8. The lowest BCUT2D eigenvalue weighted by atomic mass is 9.97. The normalized spacial score (nSPS) is 11.2. The van der Waals surface area contributed by atoms with Crippen LogP contribution in [-0.2, 0) is 28.4 Å². The number of fused-ring (bicyclic) bond motifs is 4. The summed E-state index contributed by atoms with van der Waals surface area (Å²) in [7, 11) is 0. The fourth-order valence-electron chi connectivity index (χ4n) is 6.40. The molecule has 0 heterocycles. The minimum atomic E-state index is -0.530. The molecule has 0 fully saturated rings. The number of benzene rings is 7. The zero-order valence-corrected chi connectivity index (χ0v) is 30.6. The van der Waals surface area contributed by atoms with Crippen LogP contribution in [0, 0.1) is 0 Å². The molecule has 7 rings (SSSR count). The second kappa shape index (κ2) is 18.8. The third-order valence-corrected chi connectivity index (χ3v) is 9.08. The van der Waals surface area contributed by atoms with Crippen LogP contribution in [-0.4, -0.2) is 77.6 Å². The summed E-state index contributed by atoms with van der Waals surface area (Å²) in [6.07, 6.45) is 0. The summed E-state index contributed by atoms with van der Waals surface area (Å²) in [5, 5.41) is 7.59. The molecular formula is C46H40O10. The van der Waals surface area contributed by atoms with E-state index in [-0.39, 0.29) is 59.6 Å². The van der Waals surface area contributed by atoms with Crippen LogP contribution in [0.25, 0.3) is 43.1 Å². The molecule has 0 aliphatic carbocycles. The predicted molar refractivity (Wildman–Crippen MR) is 213 cm³/mol. The number of carbonyl (C=O) groups excluding carboxylic acids is 3. The fraction of sp³-hybridized carbons (Fsp3) is 0.196. The molecule has 10 heteroatoms. The Bertz CT molecular complexity index is 2420.